The Morgan fingerprint density at radius 1 is 1.04 bits per heavy atom. The van der Waals surface area contributed by atoms with Crippen LogP contribution in [0.15, 0.2) is 58.4 Å². The zero-order valence-corrected chi connectivity index (χ0v) is 16.1. The van der Waals surface area contributed by atoms with Crippen molar-refractivity contribution in [1.82, 2.24) is 15.0 Å². The fourth-order valence-electron chi connectivity index (χ4n) is 2.96. The Balaban J connectivity index is 1.82. The number of hydrogen-bond acceptors (Lipinski definition) is 6. The van der Waals surface area contributed by atoms with Crippen molar-refractivity contribution in [2.75, 3.05) is 6.61 Å². The summed E-state index contributed by atoms with van der Waals surface area (Å²) in [5, 5.41) is 0.841. The molecule has 1 aromatic carbocycles. The summed E-state index contributed by atoms with van der Waals surface area (Å²) in [5.74, 6) is 0.311. The van der Waals surface area contributed by atoms with Crippen LogP contribution in [0.1, 0.15) is 27.2 Å². The lowest BCUT2D eigenvalue weighted by Gasteiger charge is -2.18. The summed E-state index contributed by atoms with van der Waals surface area (Å²) in [5.41, 5.74) is 2.64. The van der Waals surface area contributed by atoms with Crippen LogP contribution in [0.2, 0.25) is 0 Å². The molecule has 0 spiro atoms. The molecule has 0 bridgehead atoms. The van der Waals surface area contributed by atoms with Gasteiger partial charge in [0.25, 0.3) is 0 Å². The first-order valence-electron chi connectivity index (χ1n) is 9.16. The topological polar surface area (TPSA) is 78.1 Å². The molecule has 0 aliphatic rings. The summed E-state index contributed by atoms with van der Waals surface area (Å²) >= 11 is 0. The predicted octanol–water partition coefficient (Wildman–Crippen LogP) is 4.61. The van der Waals surface area contributed by atoms with Gasteiger partial charge in [-0.05, 0) is 29.5 Å². The first kappa shape index (κ1) is 18.1. The molecule has 0 unspecified atom stereocenters. The van der Waals surface area contributed by atoms with E-state index in [1.807, 2.05) is 6.07 Å². The van der Waals surface area contributed by atoms with E-state index in [4.69, 9.17) is 9.15 Å². The fraction of sp³-hybridized carbons (Fsp3) is 0.273. The molecule has 0 saturated heterocycles. The molecule has 28 heavy (non-hydrogen) atoms. The Hall–Kier alpha value is -3.28. The molecule has 3 aromatic heterocycles. The Bertz CT molecular complexity index is 1190. The largest absolute Gasteiger partial charge is 0.477 e. The molecule has 0 aliphatic carbocycles. The van der Waals surface area contributed by atoms with E-state index < -0.39 is 0 Å². The number of nitrogens with zero attached hydrogens (tertiary/aromatic N) is 3. The van der Waals surface area contributed by atoms with Gasteiger partial charge in [0, 0.05) is 30.2 Å². The van der Waals surface area contributed by atoms with E-state index in [0.717, 1.165) is 17.5 Å². The lowest BCUT2D eigenvalue weighted by molar-refractivity contribution is 0.238. The summed E-state index contributed by atoms with van der Waals surface area (Å²) < 4.78 is 11.8. The maximum absolute atomic E-state index is 13.2. The maximum Gasteiger partial charge on any atom is 0.228 e. The minimum atomic E-state index is -0.159. The van der Waals surface area contributed by atoms with Gasteiger partial charge in [-0.25, -0.2) is 15.0 Å². The molecule has 0 radical (unpaired) electrons. The fourth-order valence-corrected chi connectivity index (χ4v) is 2.96. The van der Waals surface area contributed by atoms with Gasteiger partial charge in [0.05, 0.1) is 12.0 Å². The molecular formula is C22H21N3O3. The maximum atomic E-state index is 13.2. The van der Waals surface area contributed by atoms with E-state index in [9.17, 15) is 4.79 Å². The third kappa shape index (κ3) is 3.58. The molecule has 4 rings (SSSR count). The van der Waals surface area contributed by atoms with E-state index in [0.29, 0.717) is 34.4 Å². The molecule has 4 aromatic rings. The van der Waals surface area contributed by atoms with Crippen LogP contribution in [0.5, 0.6) is 5.88 Å². The van der Waals surface area contributed by atoms with E-state index in [1.54, 1.807) is 36.8 Å². The number of benzene rings is 1. The molecule has 0 aliphatic heterocycles. The SMILES string of the molecule is CC(C)(C)CCOc1nccc2oc3ccc(-c4cncnc4)cc3c(=O)c12. The van der Waals surface area contributed by atoms with Crippen LogP contribution in [-0.2, 0) is 0 Å². The molecule has 0 amide bonds. The zero-order valence-electron chi connectivity index (χ0n) is 16.1. The van der Waals surface area contributed by atoms with E-state index in [1.165, 1.54) is 6.33 Å². The highest BCUT2D eigenvalue weighted by atomic mass is 16.5. The van der Waals surface area contributed by atoms with Crippen molar-refractivity contribution in [2.24, 2.45) is 5.41 Å². The molecule has 0 saturated carbocycles. The molecule has 3 heterocycles. The summed E-state index contributed by atoms with van der Waals surface area (Å²) in [4.78, 5) is 25.6. The highest BCUT2D eigenvalue weighted by molar-refractivity contribution is 5.93. The standard InChI is InChI=1S/C22H21N3O3/c1-22(2,3)7-9-27-21-19-18(6-8-25-21)28-17-5-4-14(10-16(17)20(19)26)15-11-23-13-24-12-15/h4-6,8,10-13H,7,9H2,1-3H3. The number of rotatable bonds is 4. The van der Waals surface area contributed by atoms with Crippen LogP contribution in [0.4, 0.5) is 0 Å². The quantitative estimate of drug-likeness (QED) is 0.485. The summed E-state index contributed by atoms with van der Waals surface area (Å²) in [6.45, 7) is 6.91. The number of pyridine rings is 1. The normalized spacial score (nSPS) is 11.8. The van der Waals surface area contributed by atoms with Crippen LogP contribution in [-0.4, -0.2) is 21.6 Å². The van der Waals surface area contributed by atoms with E-state index in [2.05, 4.69) is 35.7 Å². The van der Waals surface area contributed by atoms with Gasteiger partial charge in [-0.1, -0.05) is 26.8 Å². The lowest BCUT2D eigenvalue weighted by Crippen LogP contribution is -2.13. The first-order chi connectivity index (χ1) is 13.4. The highest BCUT2D eigenvalue weighted by Crippen LogP contribution is 2.28. The third-order valence-electron chi connectivity index (χ3n) is 4.53. The van der Waals surface area contributed by atoms with Gasteiger partial charge in [0.2, 0.25) is 11.3 Å². The van der Waals surface area contributed by atoms with Gasteiger partial charge >= 0.3 is 0 Å². The molecule has 0 fully saturated rings. The van der Waals surface area contributed by atoms with Crippen LogP contribution < -0.4 is 10.2 Å². The van der Waals surface area contributed by atoms with Gasteiger partial charge in [-0.2, -0.15) is 0 Å². The minimum absolute atomic E-state index is 0.134. The van der Waals surface area contributed by atoms with Gasteiger partial charge < -0.3 is 9.15 Å². The van der Waals surface area contributed by atoms with Crippen LogP contribution >= 0.6 is 0 Å². The zero-order chi connectivity index (χ0) is 19.7. The Labute approximate surface area is 162 Å². The molecule has 6 heteroatoms. The van der Waals surface area contributed by atoms with Crippen LogP contribution in [0, 0.1) is 5.41 Å². The van der Waals surface area contributed by atoms with Crippen molar-refractivity contribution >= 4 is 21.9 Å². The number of ether oxygens (including phenoxy) is 1. The van der Waals surface area contributed by atoms with Gasteiger partial charge in [0.15, 0.2) is 0 Å². The van der Waals surface area contributed by atoms with Crippen LogP contribution in [0.25, 0.3) is 33.1 Å². The number of fused-ring (bicyclic) bond motifs is 2. The first-order valence-corrected chi connectivity index (χ1v) is 9.16. The van der Waals surface area contributed by atoms with Gasteiger partial charge in [0.1, 0.15) is 22.9 Å². The average molecular weight is 375 g/mol. The molecule has 6 nitrogen and oxygen atoms in total. The average Bonchev–Trinajstić information content (AvgIpc) is 2.67. The summed E-state index contributed by atoms with van der Waals surface area (Å²) in [6.07, 6.45) is 7.33. The molecule has 0 N–H and O–H groups in total. The summed E-state index contributed by atoms with van der Waals surface area (Å²) in [6, 6.07) is 7.16. The second-order valence-corrected chi connectivity index (χ2v) is 7.92. The monoisotopic (exact) mass is 375 g/mol. The van der Waals surface area contributed by atoms with Crippen molar-refractivity contribution in [3.05, 3.63) is 59.4 Å². The van der Waals surface area contributed by atoms with E-state index in [-0.39, 0.29) is 10.8 Å². The minimum Gasteiger partial charge on any atom is -0.477 e. The second kappa shape index (κ2) is 7.03. The molecular weight excluding hydrogens is 354 g/mol. The van der Waals surface area contributed by atoms with Crippen molar-refractivity contribution in [3.63, 3.8) is 0 Å². The van der Waals surface area contributed by atoms with Crippen LogP contribution in [0.3, 0.4) is 0 Å². The van der Waals surface area contributed by atoms with Crippen molar-refractivity contribution in [1.29, 1.82) is 0 Å². The Kier molecular flexibility index (Phi) is 4.55. The third-order valence-corrected chi connectivity index (χ3v) is 4.53. The van der Waals surface area contributed by atoms with Gasteiger partial charge in [-0.3, -0.25) is 4.79 Å². The van der Waals surface area contributed by atoms with Crippen molar-refractivity contribution in [3.8, 4) is 17.0 Å². The van der Waals surface area contributed by atoms with Crippen molar-refractivity contribution < 1.29 is 9.15 Å². The summed E-state index contributed by atoms with van der Waals surface area (Å²) in [7, 11) is 0. The smallest absolute Gasteiger partial charge is 0.228 e. The van der Waals surface area contributed by atoms with Gasteiger partial charge in [-0.15, -0.1) is 0 Å². The molecule has 0 atom stereocenters. The number of aromatic nitrogens is 3. The molecule has 142 valence electrons. The van der Waals surface area contributed by atoms with Crippen molar-refractivity contribution in [2.45, 2.75) is 27.2 Å². The highest BCUT2D eigenvalue weighted by Gasteiger charge is 2.16. The van der Waals surface area contributed by atoms with E-state index >= 15 is 0 Å². The Morgan fingerprint density at radius 2 is 1.82 bits per heavy atom. The Morgan fingerprint density at radius 3 is 2.57 bits per heavy atom. The number of hydrogen-bond donors (Lipinski definition) is 0. The lowest BCUT2D eigenvalue weighted by atomic mass is 9.93. The second-order valence-electron chi connectivity index (χ2n) is 7.92. The predicted molar refractivity (Wildman–Crippen MR) is 108 cm³/mol.